The van der Waals surface area contributed by atoms with Gasteiger partial charge in [0.05, 0.1) is 18.5 Å². The van der Waals surface area contributed by atoms with E-state index in [1.807, 2.05) is 60.7 Å². The monoisotopic (exact) mass is 375 g/mol. The lowest BCUT2D eigenvalue weighted by Crippen LogP contribution is -2.10. The molecule has 0 atom stereocenters. The largest absolute Gasteiger partial charge is 0.497 e. The fraction of sp³-hybridized carbons (Fsp3) is 0.0476. The maximum absolute atomic E-state index is 11.8. The molecule has 2 aromatic carbocycles. The van der Waals surface area contributed by atoms with Gasteiger partial charge in [0.1, 0.15) is 15.5 Å². The van der Waals surface area contributed by atoms with Gasteiger partial charge in [-0.15, -0.1) is 11.3 Å². The Balaban J connectivity index is 2.04. The Kier molecular flexibility index (Phi) is 4.25. The number of aromatic nitrogens is 1. The number of carbonyl (C=O) groups excluding carboxylic acids is 1. The highest BCUT2D eigenvalue weighted by Crippen LogP contribution is 2.41. The summed E-state index contributed by atoms with van der Waals surface area (Å²) < 4.78 is 5.33. The summed E-state index contributed by atoms with van der Waals surface area (Å²) in [5.41, 5.74) is 15.7. The summed E-state index contributed by atoms with van der Waals surface area (Å²) in [5.74, 6) is 0.205. The Morgan fingerprint density at radius 1 is 1.04 bits per heavy atom. The van der Waals surface area contributed by atoms with Crippen LogP contribution in [0.5, 0.6) is 5.75 Å². The average Bonchev–Trinajstić information content (AvgIpc) is 3.05. The van der Waals surface area contributed by atoms with Gasteiger partial charge in [0.25, 0.3) is 5.91 Å². The lowest BCUT2D eigenvalue weighted by atomic mass is 9.99. The third-order valence-corrected chi connectivity index (χ3v) is 5.49. The highest BCUT2D eigenvalue weighted by Gasteiger charge is 2.20. The van der Waals surface area contributed by atoms with Crippen molar-refractivity contribution in [3.8, 4) is 28.1 Å². The first-order chi connectivity index (χ1) is 13.1. The molecule has 0 bridgehead atoms. The summed E-state index contributed by atoms with van der Waals surface area (Å²) in [6, 6.07) is 19.6. The lowest BCUT2D eigenvalue weighted by molar-refractivity contribution is 0.100. The number of thiophene rings is 1. The second kappa shape index (κ2) is 6.74. The van der Waals surface area contributed by atoms with Gasteiger partial charge in [-0.3, -0.25) is 4.79 Å². The van der Waals surface area contributed by atoms with Gasteiger partial charge < -0.3 is 16.2 Å². The molecule has 2 heterocycles. The molecule has 0 aliphatic heterocycles. The zero-order valence-electron chi connectivity index (χ0n) is 14.6. The average molecular weight is 375 g/mol. The molecule has 2 aromatic heterocycles. The molecule has 6 heteroatoms. The molecule has 0 unspecified atom stereocenters. The van der Waals surface area contributed by atoms with E-state index in [2.05, 4.69) is 0 Å². The van der Waals surface area contributed by atoms with Crippen molar-refractivity contribution in [2.75, 3.05) is 12.8 Å². The number of benzene rings is 2. The van der Waals surface area contributed by atoms with Gasteiger partial charge in [0.2, 0.25) is 0 Å². The van der Waals surface area contributed by atoms with Gasteiger partial charge in [-0.2, -0.15) is 0 Å². The number of nitrogens with zero attached hydrogens (tertiary/aromatic N) is 1. The summed E-state index contributed by atoms with van der Waals surface area (Å²) in [4.78, 5) is 17.5. The Bertz CT molecular complexity index is 1150. The number of hydrogen-bond donors (Lipinski definition) is 2. The Hall–Kier alpha value is -3.38. The van der Waals surface area contributed by atoms with Crippen LogP contribution in [-0.2, 0) is 0 Å². The van der Waals surface area contributed by atoms with E-state index in [-0.39, 0.29) is 0 Å². The molecular formula is C21H17N3O2S. The number of nitrogens with two attached hydrogens (primary N) is 2. The van der Waals surface area contributed by atoms with E-state index >= 15 is 0 Å². The molecule has 0 radical (unpaired) electrons. The van der Waals surface area contributed by atoms with Crippen molar-refractivity contribution in [3.05, 3.63) is 65.5 Å². The first kappa shape index (κ1) is 17.1. The highest BCUT2D eigenvalue weighted by molar-refractivity contribution is 7.21. The van der Waals surface area contributed by atoms with Crippen LogP contribution in [0.2, 0.25) is 0 Å². The fourth-order valence-corrected chi connectivity index (χ4v) is 4.05. The first-order valence-electron chi connectivity index (χ1n) is 8.31. The van der Waals surface area contributed by atoms with Crippen molar-refractivity contribution in [1.82, 2.24) is 4.98 Å². The zero-order valence-corrected chi connectivity index (χ0v) is 15.4. The predicted molar refractivity (Wildman–Crippen MR) is 110 cm³/mol. The van der Waals surface area contributed by atoms with E-state index in [4.69, 9.17) is 21.2 Å². The molecule has 0 aliphatic rings. The van der Waals surface area contributed by atoms with Crippen LogP contribution in [0.4, 0.5) is 5.69 Å². The molecular weight excluding hydrogens is 358 g/mol. The normalized spacial score (nSPS) is 10.9. The van der Waals surface area contributed by atoms with E-state index in [1.165, 1.54) is 11.3 Å². The molecule has 27 heavy (non-hydrogen) atoms. The summed E-state index contributed by atoms with van der Waals surface area (Å²) >= 11 is 1.22. The molecule has 4 aromatic rings. The van der Waals surface area contributed by atoms with Crippen molar-refractivity contribution in [3.63, 3.8) is 0 Å². The number of nitrogen functional groups attached to an aromatic ring is 1. The molecule has 0 saturated heterocycles. The van der Waals surface area contributed by atoms with Crippen molar-refractivity contribution in [2.24, 2.45) is 5.73 Å². The molecule has 5 nitrogen and oxygen atoms in total. The quantitative estimate of drug-likeness (QED) is 0.556. The van der Waals surface area contributed by atoms with Crippen LogP contribution < -0.4 is 16.2 Å². The minimum absolute atomic E-state index is 0.331. The molecule has 0 saturated carbocycles. The van der Waals surface area contributed by atoms with Crippen molar-refractivity contribution in [1.29, 1.82) is 0 Å². The number of amides is 1. The van der Waals surface area contributed by atoms with Gasteiger partial charge in [-0.1, -0.05) is 42.5 Å². The van der Waals surface area contributed by atoms with Crippen LogP contribution in [0.15, 0.2) is 60.7 Å². The fourth-order valence-electron chi connectivity index (χ4n) is 3.08. The zero-order chi connectivity index (χ0) is 19.0. The summed E-state index contributed by atoms with van der Waals surface area (Å²) in [5, 5.41) is 0.756. The van der Waals surface area contributed by atoms with Crippen LogP contribution >= 0.6 is 11.3 Å². The smallest absolute Gasteiger partial charge is 0.260 e. The topological polar surface area (TPSA) is 91.2 Å². The third-order valence-electron chi connectivity index (χ3n) is 4.37. The van der Waals surface area contributed by atoms with Crippen LogP contribution in [0.1, 0.15) is 9.67 Å². The summed E-state index contributed by atoms with van der Waals surface area (Å²) in [6.45, 7) is 0. The maximum atomic E-state index is 11.8. The number of fused-ring (bicyclic) bond motifs is 1. The van der Waals surface area contributed by atoms with Gasteiger partial charge in [0, 0.05) is 10.9 Å². The first-order valence-corrected chi connectivity index (χ1v) is 9.13. The van der Waals surface area contributed by atoms with Gasteiger partial charge in [0.15, 0.2) is 0 Å². The van der Waals surface area contributed by atoms with Crippen LogP contribution in [0.3, 0.4) is 0 Å². The molecule has 134 valence electrons. The van der Waals surface area contributed by atoms with Crippen molar-refractivity contribution < 1.29 is 9.53 Å². The lowest BCUT2D eigenvalue weighted by Gasteiger charge is -2.09. The maximum Gasteiger partial charge on any atom is 0.260 e. The number of anilines is 1. The van der Waals surface area contributed by atoms with E-state index in [9.17, 15) is 4.79 Å². The van der Waals surface area contributed by atoms with Crippen molar-refractivity contribution >= 4 is 33.1 Å². The number of hydrogen-bond acceptors (Lipinski definition) is 5. The number of rotatable bonds is 4. The Morgan fingerprint density at radius 3 is 2.48 bits per heavy atom. The Morgan fingerprint density at radius 2 is 1.78 bits per heavy atom. The summed E-state index contributed by atoms with van der Waals surface area (Å²) in [7, 11) is 1.63. The molecule has 0 spiro atoms. The second-order valence-electron chi connectivity index (χ2n) is 6.04. The molecule has 4 rings (SSSR count). The summed E-state index contributed by atoms with van der Waals surface area (Å²) in [6.07, 6.45) is 0. The van der Waals surface area contributed by atoms with Crippen LogP contribution in [-0.4, -0.2) is 18.0 Å². The molecule has 0 aliphatic carbocycles. The van der Waals surface area contributed by atoms with Crippen molar-refractivity contribution in [2.45, 2.75) is 0 Å². The van der Waals surface area contributed by atoms with E-state index < -0.39 is 5.91 Å². The Labute approximate surface area is 160 Å². The second-order valence-corrected chi connectivity index (χ2v) is 7.04. The number of carbonyl (C=O) groups is 1. The third kappa shape index (κ3) is 3.00. The van der Waals surface area contributed by atoms with Gasteiger partial charge in [-0.05, 0) is 29.3 Å². The number of ether oxygens (including phenoxy) is 1. The molecule has 0 fully saturated rings. The molecule has 1 amide bonds. The number of primary amides is 1. The van der Waals surface area contributed by atoms with E-state index in [0.717, 1.165) is 33.5 Å². The minimum atomic E-state index is -0.544. The molecule has 4 N–H and O–H groups in total. The minimum Gasteiger partial charge on any atom is -0.497 e. The van der Waals surface area contributed by atoms with Gasteiger partial charge >= 0.3 is 0 Å². The van der Waals surface area contributed by atoms with Crippen LogP contribution in [0.25, 0.3) is 32.6 Å². The van der Waals surface area contributed by atoms with Gasteiger partial charge in [-0.25, -0.2) is 4.98 Å². The number of pyridine rings is 1. The SMILES string of the molecule is COc1cccc(-c2cc(-c3ccccc3)c3c(N)c(C(N)=O)sc3n2)c1. The van der Waals surface area contributed by atoms with E-state index in [1.54, 1.807) is 7.11 Å². The number of methoxy groups -OCH3 is 1. The highest BCUT2D eigenvalue weighted by atomic mass is 32.1. The van der Waals surface area contributed by atoms with Crippen LogP contribution in [0, 0.1) is 0 Å². The van der Waals surface area contributed by atoms with E-state index in [0.29, 0.717) is 15.4 Å². The standard InChI is InChI=1S/C21H17N3O2S/c1-26-14-9-5-8-13(10-14)16-11-15(12-6-3-2-4-7-12)17-18(22)19(20(23)25)27-21(17)24-16/h2-11H,22H2,1H3,(H2,23,25). The predicted octanol–water partition coefficient (Wildman–Crippen LogP) is 4.32.